The summed E-state index contributed by atoms with van der Waals surface area (Å²) >= 11 is 1.58. The van der Waals surface area contributed by atoms with Crippen LogP contribution in [0, 0.1) is 0 Å². The maximum Gasteiger partial charge on any atom is 0.254 e. The smallest absolute Gasteiger partial charge is 0.254 e. The van der Waals surface area contributed by atoms with E-state index in [1.54, 1.807) is 40.6 Å². The highest BCUT2D eigenvalue weighted by Crippen LogP contribution is 2.23. The van der Waals surface area contributed by atoms with Gasteiger partial charge in [0.15, 0.2) is 5.13 Å². The van der Waals surface area contributed by atoms with Crippen molar-refractivity contribution in [3.63, 3.8) is 0 Å². The largest absolute Gasteiger partial charge is 0.345 e. The molecule has 9 heteroatoms. The number of nitrogens with zero attached hydrogens (tertiary/aromatic N) is 3. The molecule has 1 aliphatic rings. The molecule has 0 saturated carbocycles. The zero-order valence-electron chi connectivity index (χ0n) is 15.2. The van der Waals surface area contributed by atoms with Crippen LogP contribution in [0.1, 0.15) is 24.2 Å². The minimum atomic E-state index is -0.245. The van der Waals surface area contributed by atoms with Crippen molar-refractivity contribution in [2.24, 2.45) is 0 Å². The first kappa shape index (κ1) is 18.8. The summed E-state index contributed by atoms with van der Waals surface area (Å²) in [6.07, 6.45) is 1.77. The predicted octanol–water partition coefficient (Wildman–Crippen LogP) is 2.02. The van der Waals surface area contributed by atoms with Gasteiger partial charge in [-0.1, -0.05) is 0 Å². The molecule has 142 valence electrons. The molecule has 3 amide bonds. The summed E-state index contributed by atoms with van der Waals surface area (Å²) in [6, 6.07) is 4.88. The second kappa shape index (κ2) is 8.17. The summed E-state index contributed by atoms with van der Waals surface area (Å²) in [5, 5.41) is 8.23. The SMILES string of the molecule is CC(=O)Nc1cc(NC(C)=O)cc(C(=O)N2CCN(c3nccs3)CC2)c1. The Labute approximate surface area is 161 Å². The fourth-order valence-corrected chi connectivity index (χ4v) is 3.65. The van der Waals surface area contributed by atoms with Crippen molar-refractivity contribution in [2.45, 2.75) is 13.8 Å². The van der Waals surface area contributed by atoms with Crippen LogP contribution in [0.25, 0.3) is 0 Å². The molecule has 27 heavy (non-hydrogen) atoms. The van der Waals surface area contributed by atoms with Crippen LogP contribution in [0.3, 0.4) is 0 Å². The highest BCUT2D eigenvalue weighted by atomic mass is 32.1. The molecule has 0 radical (unpaired) electrons. The maximum atomic E-state index is 12.9. The molecule has 0 atom stereocenters. The van der Waals surface area contributed by atoms with Crippen molar-refractivity contribution in [3.8, 4) is 0 Å². The molecule has 1 aromatic heterocycles. The molecule has 1 saturated heterocycles. The van der Waals surface area contributed by atoms with E-state index >= 15 is 0 Å². The number of anilines is 3. The first-order valence-corrected chi connectivity index (χ1v) is 9.44. The monoisotopic (exact) mass is 387 g/mol. The first-order valence-electron chi connectivity index (χ1n) is 8.56. The topological polar surface area (TPSA) is 94.6 Å². The van der Waals surface area contributed by atoms with E-state index in [1.165, 1.54) is 13.8 Å². The van der Waals surface area contributed by atoms with Gasteiger partial charge in [0.1, 0.15) is 0 Å². The standard InChI is InChI=1S/C18H21N5O3S/c1-12(24)20-15-9-14(10-16(11-15)21-13(2)25)17(26)22-4-6-23(7-5-22)18-19-3-8-27-18/h3,8-11H,4-7H2,1-2H3,(H,20,24)(H,21,25). The molecule has 2 N–H and O–H groups in total. The number of thiazole rings is 1. The summed E-state index contributed by atoms with van der Waals surface area (Å²) in [4.78, 5) is 43.9. The molecule has 1 aliphatic heterocycles. The Kier molecular flexibility index (Phi) is 5.70. The number of aromatic nitrogens is 1. The predicted molar refractivity (Wildman–Crippen MR) is 105 cm³/mol. The van der Waals surface area contributed by atoms with E-state index in [4.69, 9.17) is 0 Å². The second-order valence-corrected chi connectivity index (χ2v) is 7.13. The molecular weight excluding hydrogens is 366 g/mol. The summed E-state index contributed by atoms with van der Waals surface area (Å²) in [7, 11) is 0. The summed E-state index contributed by atoms with van der Waals surface area (Å²) in [5.74, 6) is -0.622. The van der Waals surface area contributed by atoms with Gasteiger partial charge in [-0.25, -0.2) is 4.98 Å². The Balaban J connectivity index is 1.75. The molecule has 2 aromatic rings. The van der Waals surface area contributed by atoms with Crippen molar-refractivity contribution in [3.05, 3.63) is 35.3 Å². The molecule has 1 aromatic carbocycles. The van der Waals surface area contributed by atoms with E-state index in [9.17, 15) is 14.4 Å². The van der Waals surface area contributed by atoms with E-state index in [2.05, 4.69) is 20.5 Å². The number of rotatable bonds is 4. The molecule has 0 aliphatic carbocycles. The summed E-state index contributed by atoms with van der Waals surface area (Å²) < 4.78 is 0. The fourth-order valence-electron chi connectivity index (χ4n) is 2.96. The van der Waals surface area contributed by atoms with Gasteiger partial charge in [0.05, 0.1) is 0 Å². The van der Waals surface area contributed by atoms with Gasteiger partial charge in [-0.15, -0.1) is 11.3 Å². The van der Waals surface area contributed by atoms with Crippen LogP contribution in [0.4, 0.5) is 16.5 Å². The van der Waals surface area contributed by atoms with Gasteiger partial charge in [-0.2, -0.15) is 0 Å². The molecule has 0 bridgehead atoms. The number of piperazine rings is 1. The van der Waals surface area contributed by atoms with Gasteiger partial charge in [-0.05, 0) is 18.2 Å². The number of carbonyl (C=O) groups is 3. The third kappa shape index (κ3) is 4.82. The van der Waals surface area contributed by atoms with Gasteiger partial charge < -0.3 is 20.4 Å². The van der Waals surface area contributed by atoms with Crippen LogP contribution >= 0.6 is 11.3 Å². The number of carbonyl (C=O) groups excluding carboxylic acids is 3. The van der Waals surface area contributed by atoms with Crippen LogP contribution in [0.2, 0.25) is 0 Å². The van der Waals surface area contributed by atoms with Gasteiger partial charge in [0.25, 0.3) is 5.91 Å². The Morgan fingerprint density at radius 2 is 1.56 bits per heavy atom. The highest BCUT2D eigenvalue weighted by molar-refractivity contribution is 7.13. The van der Waals surface area contributed by atoms with Crippen molar-refractivity contribution in [1.82, 2.24) is 9.88 Å². The lowest BCUT2D eigenvalue weighted by Crippen LogP contribution is -2.48. The van der Waals surface area contributed by atoms with Crippen molar-refractivity contribution in [2.75, 3.05) is 41.7 Å². The minimum Gasteiger partial charge on any atom is -0.345 e. The summed E-state index contributed by atoms with van der Waals surface area (Å²) in [6.45, 7) is 5.37. The molecule has 0 unspecified atom stereocenters. The lowest BCUT2D eigenvalue weighted by molar-refractivity contribution is -0.115. The normalized spacial score (nSPS) is 14.0. The van der Waals surface area contributed by atoms with Crippen LogP contribution in [0.5, 0.6) is 0 Å². The van der Waals surface area contributed by atoms with Crippen LogP contribution in [-0.4, -0.2) is 53.8 Å². The van der Waals surface area contributed by atoms with E-state index in [-0.39, 0.29) is 17.7 Å². The third-order valence-corrected chi connectivity index (χ3v) is 4.91. The lowest BCUT2D eigenvalue weighted by atomic mass is 10.1. The fraction of sp³-hybridized carbons (Fsp3) is 0.333. The number of hydrogen-bond donors (Lipinski definition) is 2. The van der Waals surface area contributed by atoms with Crippen LogP contribution < -0.4 is 15.5 Å². The second-order valence-electron chi connectivity index (χ2n) is 6.26. The first-order chi connectivity index (χ1) is 12.9. The van der Waals surface area contributed by atoms with Crippen molar-refractivity contribution >= 4 is 45.6 Å². The zero-order chi connectivity index (χ0) is 19.4. The number of hydrogen-bond acceptors (Lipinski definition) is 6. The Bertz CT molecular complexity index is 810. The van der Waals surface area contributed by atoms with E-state index < -0.39 is 0 Å². The Morgan fingerprint density at radius 3 is 2.04 bits per heavy atom. The average molecular weight is 387 g/mol. The highest BCUT2D eigenvalue weighted by Gasteiger charge is 2.24. The number of amides is 3. The quantitative estimate of drug-likeness (QED) is 0.837. The molecule has 1 fully saturated rings. The Hall–Kier alpha value is -2.94. The number of nitrogens with one attached hydrogen (secondary N) is 2. The van der Waals surface area contributed by atoms with Gasteiger partial charge in [0.2, 0.25) is 11.8 Å². The molecule has 8 nitrogen and oxygen atoms in total. The Morgan fingerprint density at radius 1 is 0.963 bits per heavy atom. The third-order valence-electron chi connectivity index (χ3n) is 4.08. The van der Waals surface area contributed by atoms with Crippen molar-refractivity contribution in [1.29, 1.82) is 0 Å². The lowest BCUT2D eigenvalue weighted by Gasteiger charge is -2.34. The zero-order valence-corrected chi connectivity index (χ0v) is 16.0. The van der Waals surface area contributed by atoms with E-state index in [0.717, 1.165) is 5.13 Å². The minimum absolute atomic E-state index is 0.132. The molecule has 0 spiro atoms. The molecule has 2 heterocycles. The van der Waals surface area contributed by atoms with E-state index in [0.29, 0.717) is 43.1 Å². The number of benzene rings is 1. The summed E-state index contributed by atoms with van der Waals surface area (Å²) in [5.41, 5.74) is 1.37. The van der Waals surface area contributed by atoms with Crippen molar-refractivity contribution < 1.29 is 14.4 Å². The van der Waals surface area contributed by atoms with Gasteiger partial charge in [0, 0.05) is 68.5 Å². The van der Waals surface area contributed by atoms with E-state index in [1.807, 2.05) is 5.38 Å². The molecule has 3 rings (SSSR count). The van der Waals surface area contributed by atoms with Gasteiger partial charge >= 0.3 is 0 Å². The van der Waals surface area contributed by atoms with Crippen LogP contribution in [-0.2, 0) is 9.59 Å². The molecular formula is C18H21N5O3S. The maximum absolute atomic E-state index is 12.9. The van der Waals surface area contributed by atoms with Crippen LogP contribution in [0.15, 0.2) is 29.8 Å². The van der Waals surface area contributed by atoms with Gasteiger partial charge in [-0.3, -0.25) is 14.4 Å². The average Bonchev–Trinajstić information content (AvgIpc) is 3.14.